The minimum absolute atomic E-state index is 0.0487. The fourth-order valence-corrected chi connectivity index (χ4v) is 3.65. The Morgan fingerprint density at radius 3 is 3.06 bits per heavy atom. The molecule has 0 saturated carbocycles. The molecule has 0 bridgehead atoms. The topological polar surface area (TPSA) is 38.9 Å². The number of benzene rings is 1. The van der Waals surface area contributed by atoms with Crippen molar-refractivity contribution in [3.05, 3.63) is 40.2 Å². The van der Waals surface area contributed by atoms with Crippen molar-refractivity contribution in [2.75, 3.05) is 0 Å². The third kappa shape index (κ3) is 1.95. The molecule has 2 aromatic rings. The van der Waals surface area contributed by atoms with Crippen LogP contribution in [0.1, 0.15) is 35.0 Å². The van der Waals surface area contributed by atoms with Crippen LogP contribution in [0.4, 0.5) is 4.39 Å². The molecule has 2 N–H and O–H groups in total. The van der Waals surface area contributed by atoms with E-state index < -0.39 is 0 Å². The molecule has 1 heterocycles. The summed E-state index contributed by atoms with van der Waals surface area (Å²) in [7, 11) is 0. The highest BCUT2D eigenvalue weighted by atomic mass is 32.1. The zero-order valence-electron chi connectivity index (χ0n) is 10.2. The van der Waals surface area contributed by atoms with Gasteiger partial charge in [0, 0.05) is 16.5 Å². The molecule has 1 aliphatic rings. The van der Waals surface area contributed by atoms with Gasteiger partial charge in [-0.1, -0.05) is 6.07 Å². The van der Waals surface area contributed by atoms with Gasteiger partial charge in [-0.2, -0.15) is 0 Å². The highest BCUT2D eigenvalue weighted by Gasteiger charge is 2.22. The molecule has 18 heavy (non-hydrogen) atoms. The molecule has 0 radical (unpaired) electrons. The Morgan fingerprint density at radius 1 is 1.44 bits per heavy atom. The minimum atomic E-state index is -0.215. The molecule has 1 aromatic carbocycles. The molecule has 3 rings (SSSR count). The lowest BCUT2D eigenvalue weighted by Gasteiger charge is -2.15. The second-order valence-electron chi connectivity index (χ2n) is 4.79. The fourth-order valence-electron chi connectivity index (χ4n) is 2.39. The van der Waals surface area contributed by atoms with Crippen LogP contribution in [0.5, 0.6) is 0 Å². The smallest absolute Gasteiger partial charge is 0.124 e. The van der Waals surface area contributed by atoms with E-state index in [9.17, 15) is 4.39 Å². The van der Waals surface area contributed by atoms with Crippen LogP contribution >= 0.6 is 11.3 Å². The van der Waals surface area contributed by atoms with Crippen LogP contribution in [-0.4, -0.2) is 4.98 Å². The first-order chi connectivity index (χ1) is 8.65. The summed E-state index contributed by atoms with van der Waals surface area (Å²) in [6.07, 6.45) is 3.17. The first kappa shape index (κ1) is 11.8. The van der Waals surface area contributed by atoms with Crippen molar-refractivity contribution in [3.8, 4) is 10.6 Å². The minimum Gasteiger partial charge on any atom is -0.323 e. The first-order valence-corrected chi connectivity index (χ1v) is 6.98. The van der Waals surface area contributed by atoms with Gasteiger partial charge in [0.2, 0.25) is 0 Å². The van der Waals surface area contributed by atoms with Gasteiger partial charge in [-0.25, -0.2) is 9.37 Å². The number of rotatable bonds is 1. The lowest BCUT2D eigenvalue weighted by molar-refractivity contribution is 0.564. The standard InChI is InChI=1S/C14H15FN2S/c1-8-5-6-9(15)7-10(8)14-17-13-11(16)3-2-4-12(13)18-14/h5-7,11H,2-4,16H2,1H3. The average molecular weight is 262 g/mol. The van der Waals surface area contributed by atoms with Crippen molar-refractivity contribution in [3.63, 3.8) is 0 Å². The highest BCUT2D eigenvalue weighted by Crippen LogP contribution is 2.37. The zero-order valence-corrected chi connectivity index (χ0v) is 11.1. The van der Waals surface area contributed by atoms with Crippen molar-refractivity contribution >= 4 is 11.3 Å². The summed E-state index contributed by atoms with van der Waals surface area (Å²) in [5, 5.41) is 0.898. The van der Waals surface area contributed by atoms with Gasteiger partial charge in [0.1, 0.15) is 10.8 Å². The molecule has 0 saturated heterocycles. The molecule has 0 spiro atoms. The van der Waals surface area contributed by atoms with Crippen LogP contribution in [0.3, 0.4) is 0 Å². The molecule has 1 aromatic heterocycles. The molecular weight excluding hydrogens is 247 g/mol. The zero-order chi connectivity index (χ0) is 12.7. The fraction of sp³-hybridized carbons (Fsp3) is 0.357. The van der Waals surface area contributed by atoms with Gasteiger partial charge >= 0.3 is 0 Å². The molecule has 0 aliphatic heterocycles. The maximum Gasteiger partial charge on any atom is 0.124 e. The predicted molar refractivity (Wildman–Crippen MR) is 72.1 cm³/mol. The number of nitrogens with zero attached hydrogens (tertiary/aromatic N) is 1. The third-order valence-electron chi connectivity index (χ3n) is 3.43. The van der Waals surface area contributed by atoms with Crippen molar-refractivity contribution in [2.24, 2.45) is 5.73 Å². The maximum atomic E-state index is 13.3. The van der Waals surface area contributed by atoms with Crippen molar-refractivity contribution in [1.29, 1.82) is 0 Å². The second-order valence-corrected chi connectivity index (χ2v) is 5.87. The normalized spacial score (nSPS) is 18.7. The van der Waals surface area contributed by atoms with Gasteiger partial charge in [0.15, 0.2) is 0 Å². The van der Waals surface area contributed by atoms with Gasteiger partial charge in [-0.05, 0) is 43.9 Å². The molecule has 0 amide bonds. The number of hydrogen-bond acceptors (Lipinski definition) is 3. The van der Waals surface area contributed by atoms with E-state index in [2.05, 4.69) is 4.98 Å². The van der Waals surface area contributed by atoms with Crippen molar-refractivity contribution in [1.82, 2.24) is 4.98 Å². The number of halogens is 1. The summed E-state index contributed by atoms with van der Waals surface area (Å²) in [6, 6.07) is 4.89. The molecule has 2 nitrogen and oxygen atoms in total. The van der Waals surface area contributed by atoms with Crippen LogP contribution in [0.2, 0.25) is 0 Å². The van der Waals surface area contributed by atoms with E-state index in [1.165, 1.54) is 10.9 Å². The first-order valence-electron chi connectivity index (χ1n) is 6.17. The highest BCUT2D eigenvalue weighted by molar-refractivity contribution is 7.15. The quantitative estimate of drug-likeness (QED) is 0.853. The van der Waals surface area contributed by atoms with Gasteiger partial charge < -0.3 is 5.73 Å². The molecule has 0 fully saturated rings. The Balaban J connectivity index is 2.10. The Labute approximate surface area is 110 Å². The SMILES string of the molecule is Cc1ccc(F)cc1-c1nc2c(s1)CCCC2N. The Bertz CT molecular complexity index is 591. The van der Waals surface area contributed by atoms with Crippen LogP contribution in [0, 0.1) is 12.7 Å². The maximum absolute atomic E-state index is 13.3. The summed E-state index contributed by atoms with van der Waals surface area (Å²) in [5.41, 5.74) is 9.04. The summed E-state index contributed by atoms with van der Waals surface area (Å²) < 4.78 is 13.3. The molecule has 4 heteroatoms. The molecule has 1 aliphatic carbocycles. The number of thiazole rings is 1. The van der Waals surface area contributed by atoms with E-state index in [1.807, 2.05) is 6.92 Å². The number of aromatic nitrogens is 1. The number of nitrogens with two attached hydrogens (primary N) is 1. The van der Waals surface area contributed by atoms with Crippen LogP contribution in [-0.2, 0) is 6.42 Å². The lowest BCUT2D eigenvalue weighted by Crippen LogP contribution is -2.16. The average Bonchev–Trinajstić information content (AvgIpc) is 2.77. The monoisotopic (exact) mass is 262 g/mol. The van der Waals surface area contributed by atoms with Crippen molar-refractivity contribution in [2.45, 2.75) is 32.2 Å². The molecular formula is C14H15FN2S. The molecule has 1 atom stereocenters. The summed E-state index contributed by atoms with van der Waals surface area (Å²) in [6.45, 7) is 1.98. The van der Waals surface area contributed by atoms with E-state index in [0.717, 1.165) is 41.1 Å². The summed E-state index contributed by atoms with van der Waals surface area (Å²) in [4.78, 5) is 5.90. The van der Waals surface area contributed by atoms with Crippen LogP contribution < -0.4 is 5.73 Å². The second kappa shape index (κ2) is 4.44. The Kier molecular flexibility index (Phi) is 2.92. The third-order valence-corrected chi connectivity index (χ3v) is 4.59. The van der Waals surface area contributed by atoms with Gasteiger partial charge in [0.05, 0.1) is 5.69 Å². The van der Waals surface area contributed by atoms with Gasteiger partial charge in [0.25, 0.3) is 0 Å². The van der Waals surface area contributed by atoms with E-state index >= 15 is 0 Å². The van der Waals surface area contributed by atoms with Gasteiger partial charge in [-0.15, -0.1) is 11.3 Å². The Hall–Kier alpha value is -1.26. The number of fused-ring (bicyclic) bond motifs is 1. The van der Waals surface area contributed by atoms with E-state index in [4.69, 9.17) is 5.73 Å². The summed E-state index contributed by atoms with van der Waals surface area (Å²) in [5.74, 6) is -0.215. The Morgan fingerprint density at radius 2 is 2.28 bits per heavy atom. The van der Waals surface area contributed by atoms with E-state index in [0.29, 0.717) is 0 Å². The number of aryl methyl sites for hydroxylation is 2. The van der Waals surface area contributed by atoms with E-state index in [-0.39, 0.29) is 11.9 Å². The van der Waals surface area contributed by atoms with Crippen LogP contribution in [0.25, 0.3) is 10.6 Å². The van der Waals surface area contributed by atoms with Gasteiger partial charge in [-0.3, -0.25) is 0 Å². The van der Waals surface area contributed by atoms with Crippen molar-refractivity contribution < 1.29 is 4.39 Å². The predicted octanol–water partition coefficient (Wildman–Crippen LogP) is 3.59. The summed E-state index contributed by atoms with van der Waals surface area (Å²) >= 11 is 1.66. The largest absolute Gasteiger partial charge is 0.323 e. The molecule has 1 unspecified atom stereocenters. The molecule has 94 valence electrons. The number of hydrogen-bond donors (Lipinski definition) is 1. The van der Waals surface area contributed by atoms with E-state index in [1.54, 1.807) is 23.5 Å². The lowest BCUT2D eigenvalue weighted by atomic mass is 9.98. The van der Waals surface area contributed by atoms with Crippen LogP contribution in [0.15, 0.2) is 18.2 Å².